The summed E-state index contributed by atoms with van der Waals surface area (Å²) in [4.78, 5) is 31.7. The molecule has 1 aliphatic rings. The van der Waals surface area contributed by atoms with Gasteiger partial charge in [-0.25, -0.2) is 0 Å². The van der Waals surface area contributed by atoms with Crippen LogP contribution in [-0.2, 0) is 14.4 Å². The Bertz CT molecular complexity index is 373. The Hall–Kier alpha value is -1.67. The number of carbonyl (C=O) groups is 3. The van der Waals surface area contributed by atoms with Gasteiger partial charge in [0, 0.05) is 0 Å². The molecule has 21 heavy (non-hydrogen) atoms. The van der Waals surface area contributed by atoms with Crippen LogP contribution < -0.4 is 22.1 Å². The van der Waals surface area contributed by atoms with Crippen LogP contribution in [0.5, 0.6) is 0 Å². The summed E-state index contributed by atoms with van der Waals surface area (Å²) in [6, 6.07) is -0.901. The number of carboxylic acid groups (broad SMARTS) is 1. The number of primary amides is 1. The molecule has 0 aromatic carbocycles. The third-order valence-electron chi connectivity index (χ3n) is 3.01. The second kappa shape index (κ2) is 8.58. The highest BCUT2D eigenvalue weighted by Gasteiger charge is 2.26. The van der Waals surface area contributed by atoms with E-state index in [2.05, 4.69) is 10.6 Å². The third-order valence-corrected chi connectivity index (χ3v) is 3.01. The first-order chi connectivity index (χ1) is 9.55. The quantitative estimate of drug-likeness (QED) is 0.440. The summed E-state index contributed by atoms with van der Waals surface area (Å²) in [6.45, 7) is 6.19. The third kappa shape index (κ3) is 8.26. The maximum Gasteiger partial charge on any atom is 0.321 e. The number of carbonyl (C=O) groups excluding carboxylic acids is 2. The number of hydrogen-bond donors (Lipinski definition) is 5. The summed E-state index contributed by atoms with van der Waals surface area (Å²) in [7, 11) is 0. The van der Waals surface area contributed by atoms with Gasteiger partial charge in [0.15, 0.2) is 0 Å². The minimum absolute atomic E-state index is 0.0724. The van der Waals surface area contributed by atoms with E-state index in [1.54, 1.807) is 20.8 Å². The van der Waals surface area contributed by atoms with Gasteiger partial charge in [-0.3, -0.25) is 14.4 Å². The molecule has 0 aromatic heterocycles. The summed E-state index contributed by atoms with van der Waals surface area (Å²) in [5.74, 6) is -1.59. The van der Waals surface area contributed by atoms with E-state index in [1.165, 1.54) is 0 Å². The van der Waals surface area contributed by atoms with Crippen LogP contribution in [0.3, 0.4) is 0 Å². The van der Waals surface area contributed by atoms with E-state index in [4.69, 9.17) is 16.6 Å². The van der Waals surface area contributed by atoms with Crippen molar-refractivity contribution in [3.05, 3.63) is 0 Å². The van der Waals surface area contributed by atoms with Crippen molar-refractivity contribution in [2.45, 2.75) is 45.7 Å². The van der Waals surface area contributed by atoms with Crippen molar-refractivity contribution in [2.75, 3.05) is 13.1 Å². The van der Waals surface area contributed by atoms with Crippen molar-refractivity contribution in [3.8, 4) is 0 Å². The topological polar surface area (TPSA) is 148 Å². The predicted molar refractivity (Wildman–Crippen MR) is 78.3 cm³/mol. The number of carboxylic acids is 1. The molecule has 1 unspecified atom stereocenters. The standard InChI is InChI=1S/C7H13N3O2.C6H13NO2/c8-6(11)4-10-7(12)5-2-1-3-9-5;1-6(2,3)4(7)5(8)9/h5,9H,1-4H2,(H2,8,11)(H,10,12);4H,7H2,1-3H3,(H,8,9)/t5-;/m0./s1. The van der Waals surface area contributed by atoms with Crippen LogP contribution in [0.1, 0.15) is 33.6 Å². The Labute approximate surface area is 124 Å². The maximum absolute atomic E-state index is 11.2. The minimum atomic E-state index is -0.942. The second-order valence-electron chi connectivity index (χ2n) is 6.01. The largest absolute Gasteiger partial charge is 0.480 e. The van der Waals surface area contributed by atoms with E-state index < -0.39 is 17.9 Å². The molecule has 1 heterocycles. The summed E-state index contributed by atoms with van der Waals surface area (Å²) >= 11 is 0. The summed E-state index contributed by atoms with van der Waals surface area (Å²) < 4.78 is 0. The lowest BCUT2D eigenvalue weighted by Crippen LogP contribution is -2.43. The van der Waals surface area contributed by atoms with Crippen LogP contribution >= 0.6 is 0 Å². The zero-order valence-corrected chi connectivity index (χ0v) is 12.8. The lowest BCUT2D eigenvalue weighted by atomic mass is 9.88. The fourth-order valence-corrected chi connectivity index (χ4v) is 1.58. The Balaban J connectivity index is 0.000000400. The molecule has 0 spiro atoms. The molecule has 0 bridgehead atoms. The first-order valence-corrected chi connectivity index (χ1v) is 6.83. The number of hydrogen-bond acceptors (Lipinski definition) is 5. The summed E-state index contributed by atoms with van der Waals surface area (Å²) in [5, 5.41) is 13.9. The molecular weight excluding hydrogens is 276 g/mol. The molecule has 1 fully saturated rings. The molecule has 0 aliphatic carbocycles. The van der Waals surface area contributed by atoms with E-state index in [0.29, 0.717) is 0 Å². The van der Waals surface area contributed by atoms with Crippen LogP contribution in [0.15, 0.2) is 0 Å². The molecule has 8 heteroatoms. The maximum atomic E-state index is 11.2. The lowest BCUT2D eigenvalue weighted by molar-refractivity contribution is -0.141. The predicted octanol–water partition coefficient (Wildman–Crippen LogP) is -1.22. The Morgan fingerprint density at radius 1 is 1.38 bits per heavy atom. The van der Waals surface area contributed by atoms with Gasteiger partial charge in [0.1, 0.15) is 6.04 Å². The van der Waals surface area contributed by atoms with Gasteiger partial charge in [0.2, 0.25) is 11.8 Å². The average Bonchev–Trinajstić information content (AvgIpc) is 2.88. The van der Waals surface area contributed by atoms with E-state index in [1.807, 2.05) is 0 Å². The molecule has 1 rings (SSSR count). The van der Waals surface area contributed by atoms with E-state index >= 15 is 0 Å². The highest BCUT2D eigenvalue weighted by molar-refractivity contribution is 5.86. The van der Waals surface area contributed by atoms with E-state index in [9.17, 15) is 14.4 Å². The first kappa shape index (κ1) is 19.3. The fraction of sp³-hybridized carbons (Fsp3) is 0.769. The number of aliphatic carboxylic acids is 1. The van der Waals surface area contributed by atoms with Gasteiger partial charge in [0.05, 0.1) is 12.6 Å². The van der Waals surface area contributed by atoms with Crippen LogP contribution in [0.25, 0.3) is 0 Å². The van der Waals surface area contributed by atoms with Crippen LogP contribution in [0, 0.1) is 5.41 Å². The van der Waals surface area contributed by atoms with E-state index in [0.717, 1.165) is 19.4 Å². The van der Waals surface area contributed by atoms with Crippen molar-refractivity contribution in [3.63, 3.8) is 0 Å². The van der Waals surface area contributed by atoms with Crippen molar-refractivity contribution < 1.29 is 19.5 Å². The highest BCUT2D eigenvalue weighted by atomic mass is 16.4. The van der Waals surface area contributed by atoms with Crippen molar-refractivity contribution in [1.29, 1.82) is 0 Å². The van der Waals surface area contributed by atoms with Crippen molar-refractivity contribution >= 4 is 17.8 Å². The Morgan fingerprint density at radius 2 is 1.95 bits per heavy atom. The molecule has 0 radical (unpaired) electrons. The van der Waals surface area contributed by atoms with Gasteiger partial charge in [-0.05, 0) is 24.8 Å². The molecule has 8 nitrogen and oxygen atoms in total. The van der Waals surface area contributed by atoms with Gasteiger partial charge in [0.25, 0.3) is 0 Å². The highest BCUT2D eigenvalue weighted by Crippen LogP contribution is 2.16. The fourth-order valence-electron chi connectivity index (χ4n) is 1.58. The molecule has 7 N–H and O–H groups in total. The molecular formula is C13H26N4O4. The van der Waals surface area contributed by atoms with Gasteiger partial charge < -0.3 is 27.2 Å². The monoisotopic (exact) mass is 302 g/mol. The number of amides is 2. The summed E-state index contributed by atoms with van der Waals surface area (Å²) in [5.41, 5.74) is 9.82. The Morgan fingerprint density at radius 3 is 2.24 bits per heavy atom. The normalized spacial score (nSPS) is 19.1. The van der Waals surface area contributed by atoms with Gasteiger partial charge in [-0.15, -0.1) is 0 Å². The second-order valence-corrected chi connectivity index (χ2v) is 6.01. The van der Waals surface area contributed by atoms with Crippen LogP contribution in [0.2, 0.25) is 0 Å². The summed E-state index contributed by atoms with van der Waals surface area (Å²) in [6.07, 6.45) is 1.85. The zero-order chi connectivity index (χ0) is 16.6. The average molecular weight is 302 g/mol. The number of nitrogens with two attached hydrogens (primary N) is 2. The number of rotatable bonds is 4. The van der Waals surface area contributed by atoms with Crippen molar-refractivity contribution in [1.82, 2.24) is 10.6 Å². The zero-order valence-electron chi connectivity index (χ0n) is 12.8. The molecule has 1 saturated heterocycles. The van der Waals surface area contributed by atoms with Crippen molar-refractivity contribution in [2.24, 2.45) is 16.9 Å². The molecule has 1 aliphatic heterocycles. The molecule has 122 valence electrons. The number of nitrogens with one attached hydrogen (secondary N) is 2. The van der Waals surface area contributed by atoms with Gasteiger partial charge in [-0.2, -0.15) is 0 Å². The van der Waals surface area contributed by atoms with Gasteiger partial charge >= 0.3 is 5.97 Å². The molecule has 2 amide bonds. The van der Waals surface area contributed by atoms with Crippen LogP contribution in [0.4, 0.5) is 0 Å². The lowest BCUT2D eigenvalue weighted by Gasteiger charge is -2.22. The van der Waals surface area contributed by atoms with Gasteiger partial charge in [-0.1, -0.05) is 20.8 Å². The van der Waals surface area contributed by atoms with E-state index in [-0.39, 0.29) is 23.9 Å². The molecule has 2 atom stereocenters. The first-order valence-electron chi connectivity index (χ1n) is 6.83. The molecule has 0 aromatic rings. The SMILES string of the molecule is CC(C)(C)C(N)C(=O)O.NC(=O)CNC(=O)[C@@H]1CCCN1. The van der Waals surface area contributed by atoms with Crippen LogP contribution in [-0.4, -0.2) is 48.1 Å². The molecule has 0 saturated carbocycles. The smallest absolute Gasteiger partial charge is 0.321 e. The Kier molecular flexibility index (Phi) is 7.90. The minimum Gasteiger partial charge on any atom is -0.480 e.